The Labute approximate surface area is 72.0 Å². The van der Waals surface area contributed by atoms with Gasteiger partial charge in [-0.1, -0.05) is 13.8 Å². The number of rotatable bonds is 4. The number of hydrogen-bond donors (Lipinski definition) is 2. The smallest absolute Gasteiger partial charge is 0.326 e. The van der Waals surface area contributed by atoms with Gasteiger partial charge in [0.05, 0.1) is 0 Å². The molecule has 4 nitrogen and oxygen atoms in total. The Hall–Kier alpha value is -1.06. The van der Waals surface area contributed by atoms with Crippen LogP contribution in [0.3, 0.4) is 0 Å². The molecular weight excluding hydrogens is 159 g/mol. The van der Waals surface area contributed by atoms with Gasteiger partial charge in [-0.15, -0.1) is 0 Å². The second-order valence-electron chi connectivity index (χ2n) is 3.22. The van der Waals surface area contributed by atoms with Crippen LogP contribution in [0.4, 0.5) is 0 Å². The minimum Gasteiger partial charge on any atom is -0.480 e. The van der Waals surface area contributed by atoms with Gasteiger partial charge in [-0.25, -0.2) is 4.79 Å². The summed E-state index contributed by atoms with van der Waals surface area (Å²) in [5.74, 6) is -1.01. The first kappa shape index (κ1) is 10.9. The van der Waals surface area contributed by atoms with E-state index in [4.69, 9.17) is 5.11 Å². The lowest BCUT2D eigenvalue weighted by Crippen LogP contribution is -2.40. The fourth-order valence-electron chi connectivity index (χ4n) is 0.938. The Morgan fingerprint density at radius 1 is 1.42 bits per heavy atom. The zero-order valence-corrected chi connectivity index (χ0v) is 7.63. The maximum atomic E-state index is 10.6. The van der Waals surface area contributed by atoms with E-state index in [1.165, 1.54) is 6.92 Å². The topological polar surface area (TPSA) is 66.4 Å². The van der Waals surface area contributed by atoms with Crippen LogP contribution < -0.4 is 5.32 Å². The maximum absolute atomic E-state index is 10.6. The van der Waals surface area contributed by atoms with Gasteiger partial charge in [-0.05, 0) is 12.3 Å². The average Bonchev–Trinajstić information content (AvgIpc) is 1.83. The molecule has 12 heavy (non-hydrogen) atoms. The van der Waals surface area contributed by atoms with Gasteiger partial charge in [-0.3, -0.25) is 4.79 Å². The molecule has 4 heteroatoms. The third kappa shape index (κ3) is 4.71. The van der Waals surface area contributed by atoms with Crippen LogP contribution in [0.15, 0.2) is 0 Å². The molecule has 70 valence electrons. The van der Waals surface area contributed by atoms with E-state index in [0.717, 1.165) is 0 Å². The highest BCUT2D eigenvalue weighted by molar-refractivity contribution is 5.81. The van der Waals surface area contributed by atoms with E-state index in [9.17, 15) is 9.59 Å². The molecule has 1 amide bonds. The van der Waals surface area contributed by atoms with Crippen LogP contribution in [-0.4, -0.2) is 23.0 Å². The van der Waals surface area contributed by atoms with Crippen molar-refractivity contribution in [3.05, 3.63) is 0 Å². The highest BCUT2D eigenvalue weighted by Gasteiger charge is 2.18. The number of aliphatic carboxylic acids is 1. The predicted molar refractivity (Wildman–Crippen MR) is 44.7 cm³/mol. The molecule has 0 unspecified atom stereocenters. The van der Waals surface area contributed by atoms with Crippen molar-refractivity contribution in [3.8, 4) is 0 Å². The van der Waals surface area contributed by atoms with Gasteiger partial charge in [0.25, 0.3) is 0 Å². The molecular formula is C8H15NO3. The molecule has 0 aromatic rings. The lowest BCUT2D eigenvalue weighted by molar-refractivity contribution is -0.142. The van der Waals surface area contributed by atoms with Crippen LogP contribution >= 0.6 is 0 Å². The summed E-state index contributed by atoms with van der Waals surface area (Å²) in [5, 5.41) is 11.0. The zero-order chi connectivity index (χ0) is 9.72. The number of amides is 1. The molecule has 0 aliphatic rings. The molecule has 1 atom stereocenters. The number of carbonyl (C=O) groups is 2. The van der Waals surface area contributed by atoms with Crippen molar-refractivity contribution >= 4 is 11.9 Å². The van der Waals surface area contributed by atoms with Crippen molar-refractivity contribution in [1.29, 1.82) is 0 Å². The number of carboxylic acids is 1. The van der Waals surface area contributed by atoms with E-state index in [0.29, 0.717) is 6.42 Å². The molecule has 0 aromatic carbocycles. The SMILES string of the molecule is CC(=O)[15NH][C@@H](CC(C)C)C(=O)O. The molecule has 0 rings (SSSR count). The van der Waals surface area contributed by atoms with Crippen molar-refractivity contribution in [2.24, 2.45) is 5.92 Å². The number of carboxylic acid groups (broad SMARTS) is 1. The van der Waals surface area contributed by atoms with Gasteiger partial charge >= 0.3 is 5.97 Å². The largest absolute Gasteiger partial charge is 0.480 e. The van der Waals surface area contributed by atoms with Crippen molar-refractivity contribution in [2.45, 2.75) is 33.2 Å². The average molecular weight is 174 g/mol. The molecule has 2 N–H and O–H groups in total. The number of hydrogen-bond acceptors (Lipinski definition) is 2. The molecule has 0 radical (unpaired) electrons. The van der Waals surface area contributed by atoms with E-state index in [1.807, 2.05) is 13.8 Å². The number of nitrogens with one attached hydrogen (secondary N) is 1. The normalized spacial score (nSPS) is 12.7. The van der Waals surface area contributed by atoms with Crippen LogP contribution in [0.5, 0.6) is 0 Å². The second kappa shape index (κ2) is 4.74. The third-order valence-corrected chi connectivity index (χ3v) is 1.38. The second-order valence-corrected chi connectivity index (χ2v) is 3.22. The van der Waals surface area contributed by atoms with Gasteiger partial charge in [0.1, 0.15) is 6.04 Å². The summed E-state index contributed by atoms with van der Waals surface area (Å²) in [6.07, 6.45) is 0.467. The Balaban J connectivity index is 4.04. The van der Waals surface area contributed by atoms with Crippen LogP contribution in [-0.2, 0) is 9.59 Å². The minimum absolute atomic E-state index is 0.262. The van der Waals surface area contributed by atoms with E-state index >= 15 is 0 Å². The standard InChI is InChI=1S/C8H15NO3/c1-5(2)4-7(8(11)12)9-6(3)10/h5,7H,4H2,1-3H3,(H,9,10)(H,11,12)/t7-/m0/s1/i9+1. The van der Waals surface area contributed by atoms with Gasteiger partial charge in [0.2, 0.25) is 5.91 Å². The molecule has 0 saturated carbocycles. The van der Waals surface area contributed by atoms with Crippen LogP contribution in [0.2, 0.25) is 0 Å². The summed E-state index contributed by atoms with van der Waals surface area (Å²) in [6, 6.07) is -0.748. The van der Waals surface area contributed by atoms with Crippen molar-refractivity contribution in [1.82, 2.24) is 5.32 Å². The van der Waals surface area contributed by atoms with Gasteiger partial charge < -0.3 is 10.4 Å². The van der Waals surface area contributed by atoms with E-state index in [-0.39, 0.29) is 11.8 Å². The fraction of sp³-hybridized carbons (Fsp3) is 0.750. The van der Waals surface area contributed by atoms with Gasteiger partial charge in [0, 0.05) is 6.92 Å². The van der Waals surface area contributed by atoms with E-state index in [2.05, 4.69) is 5.32 Å². The summed E-state index contributed by atoms with van der Waals surface area (Å²) in [7, 11) is 0. The third-order valence-electron chi connectivity index (χ3n) is 1.38. The van der Waals surface area contributed by atoms with E-state index < -0.39 is 12.0 Å². The molecule has 0 saturated heterocycles. The summed E-state index contributed by atoms with van der Waals surface area (Å²) in [6.45, 7) is 5.14. The molecule has 0 aliphatic heterocycles. The van der Waals surface area contributed by atoms with Gasteiger partial charge in [0.15, 0.2) is 0 Å². The van der Waals surface area contributed by atoms with Crippen molar-refractivity contribution in [3.63, 3.8) is 0 Å². The van der Waals surface area contributed by atoms with Gasteiger partial charge in [-0.2, -0.15) is 0 Å². The highest BCUT2D eigenvalue weighted by atomic mass is 16.4. The summed E-state index contributed by atoms with van der Waals surface area (Å²) in [4.78, 5) is 21.1. The first-order chi connectivity index (χ1) is 5.43. The molecule has 0 fully saturated rings. The zero-order valence-electron chi connectivity index (χ0n) is 7.63. The molecule has 0 aliphatic carbocycles. The van der Waals surface area contributed by atoms with E-state index in [1.54, 1.807) is 0 Å². The highest BCUT2D eigenvalue weighted by Crippen LogP contribution is 2.04. The van der Waals surface area contributed by atoms with Crippen LogP contribution in [0, 0.1) is 5.92 Å². The van der Waals surface area contributed by atoms with Crippen molar-refractivity contribution in [2.75, 3.05) is 0 Å². The minimum atomic E-state index is -0.973. The number of carbonyl (C=O) groups excluding carboxylic acids is 1. The Morgan fingerprint density at radius 2 is 1.92 bits per heavy atom. The summed E-state index contributed by atoms with van der Waals surface area (Å²) < 4.78 is 0. The Kier molecular flexibility index (Phi) is 4.33. The molecule has 0 bridgehead atoms. The Morgan fingerprint density at radius 3 is 2.17 bits per heavy atom. The monoisotopic (exact) mass is 174 g/mol. The fourth-order valence-corrected chi connectivity index (χ4v) is 0.938. The lowest BCUT2D eigenvalue weighted by Gasteiger charge is -2.14. The Bertz CT molecular complexity index is 177. The molecule has 0 spiro atoms. The van der Waals surface area contributed by atoms with Crippen LogP contribution in [0.25, 0.3) is 0 Å². The first-order valence-electron chi connectivity index (χ1n) is 3.93. The summed E-state index contributed by atoms with van der Waals surface area (Å²) in [5.41, 5.74) is 0. The maximum Gasteiger partial charge on any atom is 0.326 e. The predicted octanol–water partition coefficient (Wildman–Crippen LogP) is 0.622. The molecule has 0 heterocycles. The lowest BCUT2D eigenvalue weighted by atomic mass is 10.1. The first-order valence-corrected chi connectivity index (χ1v) is 3.93. The summed E-state index contributed by atoms with van der Waals surface area (Å²) >= 11 is 0. The molecule has 0 aromatic heterocycles. The van der Waals surface area contributed by atoms with Crippen molar-refractivity contribution < 1.29 is 14.7 Å². The van der Waals surface area contributed by atoms with Crippen LogP contribution in [0.1, 0.15) is 27.2 Å². The quantitative estimate of drug-likeness (QED) is 0.614.